The highest BCUT2D eigenvalue weighted by molar-refractivity contribution is 5.76. The predicted molar refractivity (Wildman–Crippen MR) is 213 cm³/mol. The van der Waals surface area contributed by atoms with Crippen molar-refractivity contribution in [3.05, 3.63) is 0 Å². The molecule has 6 nitrogen and oxygen atoms in total. The number of carbonyl (C=O) groups excluding carboxylic acids is 2. The first-order valence-corrected chi connectivity index (χ1v) is 22.3. The van der Waals surface area contributed by atoms with E-state index in [2.05, 4.69) is 24.5 Å². The molecule has 0 aromatic rings. The minimum Gasteiger partial charge on any atom is -0.393 e. The van der Waals surface area contributed by atoms with E-state index >= 15 is 0 Å². The minimum atomic E-state index is -0.0937. The zero-order valence-corrected chi connectivity index (χ0v) is 33.5. The summed E-state index contributed by atoms with van der Waals surface area (Å²) in [6.45, 7) is 6.03. The average molecular weight is 707 g/mol. The molecule has 2 amide bonds. The van der Waals surface area contributed by atoms with Gasteiger partial charge in [-0.15, -0.1) is 0 Å². The van der Waals surface area contributed by atoms with Crippen LogP contribution in [0.3, 0.4) is 0 Å². The number of carbonyl (C=O) groups is 2. The maximum absolute atomic E-state index is 12.4. The first-order valence-electron chi connectivity index (χ1n) is 22.3. The van der Waals surface area contributed by atoms with Crippen molar-refractivity contribution in [3.8, 4) is 0 Å². The monoisotopic (exact) mass is 707 g/mol. The highest BCUT2D eigenvalue weighted by Crippen LogP contribution is 2.28. The Morgan fingerprint density at radius 2 is 0.780 bits per heavy atom. The third-order valence-corrected chi connectivity index (χ3v) is 11.2. The first kappa shape index (κ1) is 46.9. The van der Waals surface area contributed by atoms with E-state index in [-0.39, 0.29) is 24.0 Å². The lowest BCUT2D eigenvalue weighted by Gasteiger charge is -2.29. The number of hydrogen-bond donors (Lipinski definition) is 4. The fraction of sp³-hybridized carbons (Fsp3) is 0.955. The van der Waals surface area contributed by atoms with Gasteiger partial charge in [-0.1, -0.05) is 162 Å². The number of rotatable bonds is 36. The Kier molecular flexibility index (Phi) is 32.7. The van der Waals surface area contributed by atoms with Gasteiger partial charge in [0.15, 0.2) is 0 Å². The molecule has 50 heavy (non-hydrogen) atoms. The molecule has 0 aromatic carbocycles. The van der Waals surface area contributed by atoms with Crippen LogP contribution in [0.25, 0.3) is 0 Å². The van der Waals surface area contributed by atoms with E-state index in [0.29, 0.717) is 24.7 Å². The van der Waals surface area contributed by atoms with Crippen LogP contribution in [0.4, 0.5) is 0 Å². The Labute approximate surface area is 310 Å². The lowest BCUT2D eigenvalue weighted by Crippen LogP contribution is -2.35. The summed E-state index contributed by atoms with van der Waals surface area (Å²) in [5.74, 6) is 1.49. The topological polar surface area (TPSA) is 98.7 Å². The molecule has 0 aromatic heterocycles. The summed E-state index contributed by atoms with van der Waals surface area (Å²) < 4.78 is 0. The molecule has 0 saturated heterocycles. The maximum Gasteiger partial charge on any atom is 0.220 e. The van der Waals surface area contributed by atoms with Crippen molar-refractivity contribution in [2.75, 3.05) is 13.1 Å². The Morgan fingerprint density at radius 1 is 0.480 bits per heavy atom. The van der Waals surface area contributed by atoms with Crippen LogP contribution in [0.15, 0.2) is 0 Å². The molecule has 0 bridgehead atoms. The molecule has 1 fully saturated rings. The molecule has 1 aliphatic carbocycles. The smallest absolute Gasteiger partial charge is 0.220 e. The van der Waals surface area contributed by atoms with Crippen LogP contribution in [-0.2, 0) is 9.59 Å². The van der Waals surface area contributed by atoms with E-state index in [1.54, 1.807) is 0 Å². The molecule has 1 rings (SSSR count). The molecule has 1 saturated carbocycles. The molecule has 6 heteroatoms. The SMILES string of the molecule is CCCCCCC(O)CCCCCCCCCCC(=O)NCC1CCCC(CNC(=O)CCCCCCCCCCC(O)CCCCCC)C1. The van der Waals surface area contributed by atoms with Gasteiger partial charge in [0.1, 0.15) is 0 Å². The molecule has 4 atom stereocenters. The van der Waals surface area contributed by atoms with Crippen molar-refractivity contribution in [2.24, 2.45) is 11.8 Å². The number of hydrogen-bond acceptors (Lipinski definition) is 4. The summed E-state index contributed by atoms with van der Waals surface area (Å²) >= 11 is 0. The van der Waals surface area contributed by atoms with Gasteiger partial charge in [0.2, 0.25) is 11.8 Å². The fourth-order valence-electron chi connectivity index (χ4n) is 7.82. The van der Waals surface area contributed by atoms with Gasteiger partial charge in [-0.05, 0) is 69.6 Å². The van der Waals surface area contributed by atoms with E-state index in [1.165, 1.54) is 135 Å². The first-order chi connectivity index (χ1) is 24.4. The number of aliphatic hydroxyl groups is 2. The summed E-state index contributed by atoms with van der Waals surface area (Å²) in [6, 6.07) is 0. The van der Waals surface area contributed by atoms with Gasteiger partial charge in [-0.25, -0.2) is 0 Å². The zero-order valence-electron chi connectivity index (χ0n) is 33.5. The molecule has 0 aliphatic heterocycles. The Bertz CT molecular complexity index is 702. The lowest BCUT2D eigenvalue weighted by molar-refractivity contribution is -0.122. The Morgan fingerprint density at radius 3 is 1.12 bits per heavy atom. The third kappa shape index (κ3) is 30.5. The van der Waals surface area contributed by atoms with Crippen molar-refractivity contribution in [2.45, 2.75) is 244 Å². The maximum atomic E-state index is 12.4. The Hall–Kier alpha value is -1.14. The van der Waals surface area contributed by atoms with Crippen LogP contribution in [0, 0.1) is 11.8 Å². The van der Waals surface area contributed by atoms with Crippen LogP contribution in [-0.4, -0.2) is 47.3 Å². The number of amides is 2. The van der Waals surface area contributed by atoms with Crippen molar-refractivity contribution in [1.82, 2.24) is 10.6 Å². The van der Waals surface area contributed by atoms with Crippen molar-refractivity contribution >= 4 is 11.8 Å². The second kappa shape index (κ2) is 34.9. The molecule has 4 unspecified atom stereocenters. The Balaban J connectivity index is 1.91. The molecule has 4 N–H and O–H groups in total. The highest BCUT2D eigenvalue weighted by Gasteiger charge is 2.22. The van der Waals surface area contributed by atoms with Gasteiger partial charge in [-0.2, -0.15) is 0 Å². The van der Waals surface area contributed by atoms with Gasteiger partial charge in [0.05, 0.1) is 12.2 Å². The molecular formula is C44H86N2O4. The largest absolute Gasteiger partial charge is 0.393 e. The summed E-state index contributed by atoms with van der Waals surface area (Å²) in [6.07, 6.45) is 38.7. The number of aliphatic hydroxyl groups excluding tert-OH is 2. The molecule has 296 valence electrons. The number of unbranched alkanes of at least 4 members (excludes halogenated alkanes) is 20. The molecule has 0 heterocycles. The van der Waals surface area contributed by atoms with Crippen LogP contribution >= 0.6 is 0 Å². The highest BCUT2D eigenvalue weighted by atomic mass is 16.3. The van der Waals surface area contributed by atoms with E-state index in [0.717, 1.165) is 83.7 Å². The van der Waals surface area contributed by atoms with E-state index in [4.69, 9.17) is 0 Å². The third-order valence-electron chi connectivity index (χ3n) is 11.2. The second-order valence-electron chi connectivity index (χ2n) is 16.2. The van der Waals surface area contributed by atoms with Crippen LogP contribution in [0.5, 0.6) is 0 Å². The van der Waals surface area contributed by atoms with E-state index < -0.39 is 0 Å². The van der Waals surface area contributed by atoms with Gasteiger partial charge in [-0.3, -0.25) is 9.59 Å². The van der Waals surface area contributed by atoms with E-state index in [9.17, 15) is 19.8 Å². The predicted octanol–water partition coefficient (Wildman–Crippen LogP) is 11.5. The van der Waals surface area contributed by atoms with Crippen LogP contribution in [0.2, 0.25) is 0 Å². The standard InChI is InChI=1S/C44H86N2O4/c1-3-5-7-21-30-41(47)32-23-17-13-9-11-15-19-25-34-43(49)45-37-39-28-27-29-40(36-39)38-46-44(50)35-26-20-16-12-10-14-18-24-33-42(48)31-22-8-6-4-2/h39-42,47-48H,3-38H2,1-2H3,(H,45,49)(H,46,50). The van der Waals surface area contributed by atoms with Crippen molar-refractivity contribution in [1.29, 1.82) is 0 Å². The normalized spacial score (nSPS) is 17.4. The number of nitrogens with one attached hydrogen (secondary N) is 2. The van der Waals surface area contributed by atoms with Gasteiger partial charge in [0.25, 0.3) is 0 Å². The summed E-state index contributed by atoms with van der Waals surface area (Å²) in [4.78, 5) is 24.9. The van der Waals surface area contributed by atoms with Gasteiger partial charge in [0, 0.05) is 25.9 Å². The van der Waals surface area contributed by atoms with Crippen molar-refractivity contribution < 1.29 is 19.8 Å². The zero-order chi connectivity index (χ0) is 36.3. The summed E-state index contributed by atoms with van der Waals surface area (Å²) in [5.41, 5.74) is 0. The summed E-state index contributed by atoms with van der Waals surface area (Å²) in [5, 5.41) is 26.6. The lowest BCUT2D eigenvalue weighted by atomic mass is 9.81. The average Bonchev–Trinajstić information content (AvgIpc) is 3.12. The second-order valence-corrected chi connectivity index (χ2v) is 16.2. The molecule has 1 aliphatic rings. The molecule has 0 spiro atoms. The fourth-order valence-corrected chi connectivity index (χ4v) is 7.82. The molecule has 0 radical (unpaired) electrons. The van der Waals surface area contributed by atoms with E-state index in [1.807, 2.05) is 0 Å². The van der Waals surface area contributed by atoms with Crippen LogP contribution < -0.4 is 10.6 Å². The van der Waals surface area contributed by atoms with Crippen molar-refractivity contribution in [3.63, 3.8) is 0 Å². The molecular weight excluding hydrogens is 620 g/mol. The summed E-state index contributed by atoms with van der Waals surface area (Å²) in [7, 11) is 0. The minimum absolute atomic E-state index is 0.0937. The quantitative estimate of drug-likeness (QED) is 0.0487. The van der Waals surface area contributed by atoms with Gasteiger partial charge < -0.3 is 20.8 Å². The van der Waals surface area contributed by atoms with Gasteiger partial charge >= 0.3 is 0 Å². The van der Waals surface area contributed by atoms with Crippen LogP contribution in [0.1, 0.15) is 232 Å².